The van der Waals surface area contributed by atoms with Gasteiger partial charge in [-0.15, -0.1) is 15.3 Å². The summed E-state index contributed by atoms with van der Waals surface area (Å²) in [6.45, 7) is 8.49. The van der Waals surface area contributed by atoms with Crippen molar-refractivity contribution in [2.45, 2.75) is 45.1 Å². The molecule has 0 aliphatic rings. The average molecular weight is 440 g/mol. The van der Waals surface area contributed by atoms with Crippen LogP contribution in [0.15, 0.2) is 29.4 Å². The normalized spacial score (nSPS) is 11.2. The number of hydrogen-bond donors (Lipinski definition) is 1. The van der Waals surface area contributed by atoms with Crippen LogP contribution in [0.2, 0.25) is 0 Å². The number of carbonyl (C=O) groups is 1. The Labute approximate surface area is 182 Å². The minimum absolute atomic E-state index is 0.221. The van der Waals surface area contributed by atoms with E-state index in [-0.39, 0.29) is 5.91 Å². The van der Waals surface area contributed by atoms with Crippen molar-refractivity contribution in [2.75, 3.05) is 0 Å². The van der Waals surface area contributed by atoms with Crippen molar-refractivity contribution in [1.82, 2.24) is 35.1 Å². The highest BCUT2D eigenvalue weighted by molar-refractivity contribution is 7.98. The van der Waals surface area contributed by atoms with E-state index >= 15 is 0 Å². The van der Waals surface area contributed by atoms with Crippen LogP contribution < -0.4 is 5.32 Å². The molecule has 10 heteroatoms. The first-order valence-electron chi connectivity index (χ1n) is 9.40. The smallest absolute Gasteiger partial charge is 0.282 e. The molecule has 0 saturated carbocycles. The summed E-state index contributed by atoms with van der Waals surface area (Å²) in [4.78, 5) is 21.3. The van der Waals surface area contributed by atoms with Crippen LogP contribution in [-0.4, -0.2) is 35.7 Å². The van der Waals surface area contributed by atoms with Gasteiger partial charge in [0.05, 0.1) is 5.75 Å². The molecular weight excluding hydrogens is 418 g/mol. The fraction of sp³-hybridized carbons (Fsp3) is 0.300. The van der Waals surface area contributed by atoms with Crippen molar-refractivity contribution in [2.24, 2.45) is 0 Å². The van der Waals surface area contributed by atoms with Crippen molar-refractivity contribution in [3.63, 3.8) is 0 Å². The zero-order chi connectivity index (χ0) is 21.3. The van der Waals surface area contributed by atoms with E-state index in [0.29, 0.717) is 28.2 Å². The van der Waals surface area contributed by atoms with Crippen LogP contribution in [0.1, 0.15) is 42.9 Å². The first-order chi connectivity index (χ1) is 14.4. The van der Waals surface area contributed by atoms with Crippen molar-refractivity contribution in [3.8, 4) is 0 Å². The van der Waals surface area contributed by atoms with Crippen molar-refractivity contribution >= 4 is 34.8 Å². The maximum atomic E-state index is 12.3. The number of nitrogens with zero attached hydrogens (tertiary/aromatic N) is 6. The molecule has 1 aromatic carbocycles. The number of thioether (sulfide) groups is 1. The second kappa shape index (κ2) is 8.49. The monoisotopic (exact) mass is 439 g/mol. The molecule has 0 fully saturated rings. The molecule has 8 nitrogen and oxygen atoms in total. The lowest BCUT2D eigenvalue weighted by Crippen LogP contribution is -2.22. The van der Waals surface area contributed by atoms with Gasteiger partial charge in [0.1, 0.15) is 5.01 Å². The van der Waals surface area contributed by atoms with E-state index in [1.807, 2.05) is 52.0 Å². The lowest BCUT2D eigenvalue weighted by molar-refractivity contribution is 0.0950. The Bertz CT molecular complexity index is 1210. The quantitative estimate of drug-likeness (QED) is 0.460. The summed E-state index contributed by atoms with van der Waals surface area (Å²) in [6, 6.07) is 8.04. The summed E-state index contributed by atoms with van der Waals surface area (Å²) >= 11 is 2.73. The molecule has 4 rings (SSSR count). The van der Waals surface area contributed by atoms with Crippen LogP contribution in [-0.2, 0) is 12.3 Å². The molecule has 0 unspecified atom stereocenters. The van der Waals surface area contributed by atoms with E-state index in [1.54, 1.807) is 4.52 Å². The van der Waals surface area contributed by atoms with Gasteiger partial charge >= 0.3 is 0 Å². The molecular formula is C20H21N7OS2. The maximum absolute atomic E-state index is 12.3. The fourth-order valence-electron chi connectivity index (χ4n) is 2.79. The van der Waals surface area contributed by atoms with Crippen molar-refractivity contribution in [1.29, 1.82) is 0 Å². The molecule has 3 heterocycles. The summed E-state index contributed by atoms with van der Waals surface area (Å²) in [7, 11) is 0. The van der Waals surface area contributed by atoms with Crippen LogP contribution in [0.5, 0.6) is 0 Å². The number of carbonyl (C=O) groups excluding carboxylic acids is 1. The molecule has 0 bridgehead atoms. The van der Waals surface area contributed by atoms with Crippen LogP contribution >= 0.6 is 23.1 Å². The van der Waals surface area contributed by atoms with Gasteiger partial charge in [-0.25, -0.2) is 9.50 Å². The number of amides is 1. The Balaban J connectivity index is 1.37. The lowest BCUT2D eigenvalue weighted by Gasteiger charge is -2.04. The van der Waals surface area contributed by atoms with Crippen LogP contribution in [0.25, 0.3) is 5.78 Å². The van der Waals surface area contributed by atoms with Gasteiger partial charge in [-0.2, -0.15) is 4.98 Å². The summed E-state index contributed by atoms with van der Waals surface area (Å²) in [5, 5.41) is 17.3. The van der Waals surface area contributed by atoms with E-state index in [0.717, 1.165) is 27.5 Å². The SMILES string of the molecule is Cc1ccc(CNC(=O)c2nnc(CSc3nc4nc(C)c(C)c(C)n4n3)s2)cc1. The number of hydrogen-bond acceptors (Lipinski definition) is 8. The number of benzene rings is 1. The van der Waals surface area contributed by atoms with E-state index in [1.165, 1.54) is 28.7 Å². The Morgan fingerprint density at radius 1 is 1.10 bits per heavy atom. The Kier molecular flexibility index (Phi) is 5.78. The molecule has 0 aliphatic heterocycles. The van der Waals surface area contributed by atoms with Gasteiger partial charge in [0.15, 0.2) is 0 Å². The predicted octanol–water partition coefficient (Wildman–Crippen LogP) is 3.43. The Morgan fingerprint density at radius 2 is 1.87 bits per heavy atom. The third kappa shape index (κ3) is 4.34. The highest BCUT2D eigenvalue weighted by Gasteiger charge is 2.15. The molecule has 0 atom stereocenters. The number of aromatic nitrogens is 6. The highest BCUT2D eigenvalue weighted by atomic mass is 32.2. The number of fused-ring (bicyclic) bond motifs is 1. The summed E-state index contributed by atoms with van der Waals surface area (Å²) in [6.07, 6.45) is 0. The first kappa shape index (κ1) is 20.4. The van der Waals surface area contributed by atoms with Gasteiger partial charge in [0, 0.05) is 17.9 Å². The number of rotatable bonds is 6. The Hall–Kier alpha value is -2.85. The van der Waals surface area contributed by atoms with E-state index in [4.69, 9.17) is 0 Å². The van der Waals surface area contributed by atoms with Crippen LogP contribution in [0, 0.1) is 27.7 Å². The second-order valence-corrected chi connectivity index (χ2v) is 8.98. The average Bonchev–Trinajstić information content (AvgIpc) is 3.37. The zero-order valence-corrected chi connectivity index (χ0v) is 18.8. The van der Waals surface area contributed by atoms with Gasteiger partial charge < -0.3 is 5.32 Å². The van der Waals surface area contributed by atoms with E-state index < -0.39 is 0 Å². The number of nitrogens with one attached hydrogen (secondary N) is 1. The number of aryl methyl sites for hydroxylation is 3. The molecule has 1 amide bonds. The van der Waals surface area contributed by atoms with E-state index in [9.17, 15) is 4.79 Å². The van der Waals surface area contributed by atoms with E-state index in [2.05, 4.69) is 30.6 Å². The minimum Gasteiger partial charge on any atom is -0.346 e. The molecule has 0 aliphatic carbocycles. The summed E-state index contributed by atoms with van der Waals surface area (Å²) < 4.78 is 1.76. The largest absolute Gasteiger partial charge is 0.346 e. The van der Waals surface area contributed by atoms with Crippen molar-refractivity contribution in [3.05, 3.63) is 62.4 Å². The fourth-order valence-corrected chi connectivity index (χ4v) is 4.35. The molecule has 0 spiro atoms. The molecule has 30 heavy (non-hydrogen) atoms. The molecule has 154 valence electrons. The molecule has 1 N–H and O–H groups in total. The first-order valence-corrected chi connectivity index (χ1v) is 11.2. The molecule has 0 radical (unpaired) electrons. The summed E-state index contributed by atoms with van der Waals surface area (Å²) in [5.74, 6) is 0.907. The standard InChI is InChI=1S/C20H21N7OS2/c1-11-5-7-15(8-6-11)9-21-17(28)18-25-24-16(30-18)10-29-20-23-19-22-13(3)12(2)14(4)27(19)26-20/h5-8H,9-10H2,1-4H3,(H,21,28). The third-order valence-electron chi connectivity index (χ3n) is 4.80. The Morgan fingerprint density at radius 3 is 2.63 bits per heavy atom. The third-order valence-corrected chi connectivity index (χ3v) is 6.75. The molecule has 3 aromatic heterocycles. The van der Waals surface area contributed by atoms with Crippen LogP contribution in [0.4, 0.5) is 0 Å². The minimum atomic E-state index is -0.221. The highest BCUT2D eigenvalue weighted by Crippen LogP contribution is 2.23. The topological polar surface area (TPSA) is 98.0 Å². The zero-order valence-electron chi connectivity index (χ0n) is 17.1. The van der Waals surface area contributed by atoms with Gasteiger partial charge in [-0.3, -0.25) is 4.79 Å². The summed E-state index contributed by atoms with van der Waals surface area (Å²) in [5.41, 5.74) is 5.32. The maximum Gasteiger partial charge on any atom is 0.282 e. The second-order valence-electron chi connectivity index (χ2n) is 6.97. The van der Waals surface area contributed by atoms with Crippen LogP contribution in [0.3, 0.4) is 0 Å². The van der Waals surface area contributed by atoms with Gasteiger partial charge in [-0.05, 0) is 38.8 Å². The molecule has 0 saturated heterocycles. The van der Waals surface area contributed by atoms with Crippen molar-refractivity contribution < 1.29 is 4.79 Å². The van der Waals surface area contributed by atoms with Gasteiger partial charge in [0.25, 0.3) is 11.7 Å². The molecule has 4 aromatic rings. The predicted molar refractivity (Wildman–Crippen MR) is 117 cm³/mol. The van der Waals surface area contributed by atoms with Gasteiger partial charge in [0.2, 0.25) is 10.2 Å². The van der Waals surface area contributed by atoms with Gasteiger partial charge in [-0.1, -0.05) is 52.9 Å². The lowest BCUT2D eigenvalue weighted by atomic mass is 10.1.